The minimum atomic E-state index is -3.61. The van der Waals surface area contributed by atoms with E-state index in [1.54, 1.807) is 37.3 Å². The van der Waals surface area contributed by atoms with Crippen LogP contribution in [-0.2, 0) is 10.0 Å². The molecule has 1 saturated heterocycles. The average molecular weight is 456 g/mol. The topological polar surface area (TPSA) is 86.1 Å². The van der Waals surface area contributed by atoms with Crippen molar-refractivity contribution >= 4 is 10.0 Å². The van der Waals surface area contributed by atoms with Crippen molar-refractivity contribution in [3.05, 3.63) is 82.4 Å². The molecule has 8 heteroatoms. The summed E-state index contributed by atoms with van der Waals surface area (Å²) >= 11 is 0. The SMILES string of the molecule is Cc1cccc(Oc2ccc(S(=O)(=O)N3CCC(Oc4cc(C)oc(=O)c4)CC3)cc2)c1. The third-order valence-corrected chi connectivity index (χ3v) is 7.17. The van der Waals surface area contributed by atoms with E-state index in [1.807, 2.05) is 31.2 Å². The Hall–Kier alpha value is -3.10. The molecule has 0 saturated carbocycles. The Labute approximate surface area is 187 Å². The lowest BCUT2D eigenvalue weighted by atomic mass is 10.1. The summed E-state index contributed by atoms with van der Waals surface area (Å²) in [5.74, 6) is 2.20. The Morgan fingerprint density at radius 2 is 1.62 bits per heavy atom. The van der Waals surface area contributed by atoms with E-state index in [9.17, 15) is 13.2 Å². The molecule has 1 aliphatic heterocycles. The van der Waals surface area contributed by atoms with Gasteiger partial charge in [-0.05, 0) is 68.7 Å². The molecule has 1 aliphatic rings. The van der Waals surface area contributed by atoms with Crippen molar-refractivity contribution < 1.29 is 22.3 Å². The van der Waals surface area contributed by atoms with Gasteiger partial charge in [-0.2, -0.15) is 4.31 Å². The van der Waals surface area contributed by atoms with Crippen LogP contribution in [0.2, 0.25) is 0 Å². The molecule has 168 valence electrons. The van der Waals surface area contributed by atoms with Gasteiger partial charge < -0.3 is 13.9 Å². The first-order chi connectivity index (χ1) is 15.3. The van der Waals surface area contributed by atoms with Crippen molar-refractivity contribution in [1.82, 2.24) is 4.31 Å². The van der Waals surface area contributed by atoms with Crippen LogP contribution >= 0.6 is 0 Å². The van der Waals surface area contributed by atoms with E-state index in [0.29, 0.717) is 48.9 Å². The van der Waals surface area contributed by atoms with Gasteiger partial charge in [0.25, 0.3) is 0 Å². The van der Waals surface area contributed by atoms with E-state index in [0.717, 1.165) is 5.56 Å². The first-order valence-corrected chi connectivity index (χ1v) is 11.9. The third-order valence-electron chi connectivity index (χ3n) is 5.26. The van der Waals surface area contributed by atoms with Crippen molar-refractivity contribution in [2.24, 2.45) is 0 Å². The number of hydrogen-bond acceptors (Lipinski definition) is 6. The lowest BCUT2D eigenvalue weighted by Gasteiger charge is -2.31. The van der Waals surface area contributed by atoms with Crippen LogP contribution in [0.1, 0.15) is 24.2 Å². The Bertz CT molecular complexity index is 1240. The van der Waals surface area contributed by atoms with Crippen LogP contribution in [-0.4, -0.2) is 31.9 Å². The lowest BCUT2D eigenvalue weighted by Crippen LogP contribution is -2.41. The van der Waals surface area contributed by atoms with E-state index in [1.165, 1.54) is 10.4 Å². The monoisotopic (exact) mass is 455 g/mol. The van der Waals surface area contributed by atoms with Gasteiger partial charge in [0.2, 0.25) is 10.0 Å². The normalized spacial score (nSPS) is 15.4. The minimum Gasteiger partial charge on any atom is -0.490 e. The molecule has 4 rings (SSSR count). The number of sulfonamides is 1. The van der Waals surface area contributed by atoms with Crippen LogP contribution in [0.3, 0.4) is 0 Å². The van der Waals surface area contributed by atoms with E-state index in [2.05, 4.69) is 0 Å². The number of ether oxygens (including phenoxy) is 2. The van der Waals surface area contributed by atoms with Gasteiger partial charge in [-0.3, -0.25) is 0 Å². The Kier molecular flexibility index (Phi) is 6.34. The van der Waals surface area contributed by atoms with Crippen LogP contribution in [0.15, 0.2) is 74.8 Å². The lowest BCUT2D eigenvalue weighted by molar-refractivity contribution is 0.134. The molecular formula is C24H25NO6S. The molecule has 1 aromatic heterocycles. The summed E-state index contributed by atoms with van der Waals surface area (Å²) in [4.78, 5) is 11.7. The summed E-state index contributed by atoms with van der Waals surface area (Å²) in [6.07, 6.45) is 0.910. The van der Waals surface area contributed by atoms with Gasteiger partial charge in [0, 0.05) is 19.2 Å². The molecule has 2 aromatic carbocycles. The largest absolute Gasteiger partial charge is 0.490 e. The molecule has 0 aliphatic carbocycles. The molecule has 1 fully saturated rings. The second-order valence-electron chi connectivity index (χ2n) is 7.83. The molecule has 0 radical (unpaired) electrons. The first-order valence-electron chi connectivity index (χ1n) is 10.4. The fraction of sp³-hybridized carbons (Fsp3) is 0.292. The van der Waals surface area contributed by atoms with Gasteiger partial charge in [0.05, 0.1) is 11.0 Å². The summed E-state index contributed by atoms with van der Waals surface area (Å²) in [5.41, 5.74) is 0.620. The van der Waals surface area contributed by atoms with Gasteiger partial charge in [0.1, 0.15) is 29.1 Å². The maximum Gasteiger partial charge on any atom is 0.339 e. The molecule has 2 heterocycles. The van der Waals surface area contributed by atoms with Crippen molar-refractivity contribution in [2.75, 3.05) is 13.1 Å². The summed E-state index contributed by atoms with van der Waals surface area (Å²) in [5, 5.41) is 0. The van der Waals surface area contributed by atoms with Crippen LogP contribution in [0.4, 0.5) is 0 Å². The molecule has 0 unspecified atom stereocenters. The van der Waals surface area contributed by atoms with E-state index >= 15 is 0 Å². The quantitative estimate of drug-likeness (QED) is 0.551. The van der Waals surface area contributed by atoms with E-state index in [-0.39, 0.29) is 11.0 Å². The molecule has 0 spiro atoms. The van der Waals surface area contributed by atoms with Crippen LogP contribution in [0.5, 0.6) is 17.2 Å². The molecule has 0 amide bonds. The zero-order valence-electron chi connectivity index (χ0n) is 18.0. The molecular weight excluding hydrogens is 430 g/mol. The van der Waals surface area contributed by atoms with Crippen molar-refractivity contribution in [3.63, 3.8) is 0 Å². The predicted molar refractivity (Wildman–Crippen MR) is 120 cm³/mol. The summed E-state index contributed by atoms with van der Waals surface area (Å²) in [6, 6.07) is 17.1. The molecule has 7 nitrogen and oxygen atoms in total. The number of rotatable bonds is 6. The standard InChI is InChI=1S/C24H25NO6S/c1-17-4-3-5-21(14-17)30-19-6-8-23(9-7-19)32(27,28)25-12-10-20(11-13-25)31-22-15-18(2)29-24(26)16-22/h3-9,14-16,20H,10-13H2,1-2H3. The average Bonchev–Trinajstić information content (AvgIpc) is 2.74. The third kappa shape index (κ3) is 5.20. The summed E-state index contributed by atoms with van der Waals surface area (Å²) in [7, 11) is -3.61. The van der Waals surface area contributed by atoms with Crippen LogP contribution in [0.25, 0.3) is 0 Å². The minimum absolute atomic E-state index is 0.159. The zero-order chi connectivity index (χ0) is 22.7. The Morgan fingerprint density at radius 3 is 2.28 bits per heavy atom. The first kappa shape index (κ1) is 22.1. The number of benzene rings is 2. The van der Waals surface area contributed by atoms with E-state index in [4.69, 9.17) is 13.9 Å². The highest BCUT2D eigenvalue weighted by atomic mass is 32.2. The second-order valence-corrected chi connectivity index (χ2v) is 9.77. The molecule has 0 bridgehead atoms. The smallest absolute Gasteiger partial charge is 0.339 e. The number of nitrogens with zero attached hydrogens (tertiary/aromatic N) is 1. The zero-order valence-corrected chi connectivity index (χ0v) is 18.8. The Balaban J connectivity index is 1.38. The number of hydrogen-bond donors (Lipinski definition) is 0. The summed E-state index contributed by atoms with van der Waals surface area (Å²) in [6.45, 7) is 4.35. The number of piperidine rings is 1. The van der Waals surface area contributed by atoms with Crippen molar-refractivity contribution in [1.29, 1.82) is 0 Å². The highest BCUT2D eigenvalue weighted by Crippen LogP contribution is 2.27. The highest BCUT2D eigenvalue weighted by Gasteiger charge is 2.30. The Morgan fingerprint density at radius 1 is 0.906 bits per heavy atom. The summed E-state index contributed by atoms with van der Waals surface area (Å²) < 4.78 is 44.2. The van der Waals surface area contributed by atoms with Gasteiger partial charge in [-0.25, -0.2) is 13.2 Å². The molecule has 32 heavy (non-hydrogen) atoms. The van der Waals surface area contributed by atoms with Crippen LogP contribution in [0, 0.1) is 13.8 Å². The van der Waals surface area contributed by atoms with Crippen molar-refractivity contribution in [3.8, 4) is 17.2 Å². The fourth-order valence-electron chi connectivity index (χ4n) is 3.67. The molecule has 0 N–H and O–H groups in total. The maximum absolute atomic E-state index is 13.0. The maximum atomic E-state index is 13.0. The van der Waals surface area contributed by atoms with Crippen LogP contribution < -0.4 is 15.1 Å². The van der Waals surface area contributed by atoms with Gasteiger partial charge in [-0.15, -0.1) is 0 Å². The second kappa shape index (κ2) is 9.18. The molecule has 0 atom stereocenters. The van der Waals surface area contributed by atoms with Gasteiger partial charge >= 0.3 is 5.63 Å². The van der Waals surface area contributed by atoms with E-state index < -0.39 is 15.6 Å². The van der Waals surface area contributed by atoms with Crippen molar-refractivity contribution in [2.45, 2.75) is 37.7 Å². The molecule has 3 aromatic rings. The number of aryl methyl sites for hydroxylation is 2. The fourth-order valence-corrected chi connectivity index (χ4v) is 5.14. The van der Waals surface area contributed by atoms with Gasteiger partial charge in [0.15, 0.2) is 0 Å². The highest BCUT2D eigenvalue weighted by molar-refractivity contribution is 7.89. The predicted octanol–water partition coefficient (Wildman–Crippen LogP) is 4.28. The van der Waals surface area contributed by atoms with Gasteiger partial charge in [-0.1, -0.05) is 12.1 Å².